The maximum absolute atomic E-state index is 13.2. The van der Waals surface area contributed by atoms with Crippen LogP contribution in [0.3, 0.4) is 0 Å². The second-order valence-electron chi connectivity index (χ2n) is 10.6. The molecule has 2 heterocycles. The molecule has 5 atom stereocenters. The summed E-state index contributed by atoms with van der Waals surface area (Å²) in [4.78, 5) is 31.4. The minimum Gasteiger partial charge on any atom is -0.490 e. The van der Waals surface area contributed by atoms with Gasteiger partial charge >= 0.3 is 5.97 Å². The summed E-state index contributed by atoms with van der Waals surface area (Å²) in [7, 11) is 0. The highest BCUT2D eigenvalue weighted by molar-refractivity contribution is 5.94. The van der Waals surface area contributed by atoms with Gasteiger partial charge in [0.1, 0.15) is 29.2 Å². The third-order valence-corrected chi connectivity index (χ3v) is 7.63. The standard InChI is InChI=1S/C32H35N3O5/c1-21-11-13-28(40-26-8-4-3-5-9-26)18-29(21)31(36)34-25-12-14-30(33-19-25)35-16-15-24(20-35)22(2)39-27-10-6-7-23(17-27)32(37)38/h3-14,17-18,21-22,24-25,29H,15-16,19-20H2,1-2H3,(H,34,36)(H,37,38). The number of amides is 1. The first-order valence-electron chi connectivity index (χ1n) is 13.8. The Morgan fingerprint density at radius 1 is 1.07 bits per heavy atom. The van der Waals surface area contributed by atoms with Gasteiger partial charge < -0.3 is 24.8 Å². The molecule has 0 bridgehead atoms. The zero-order valence-corrected chi connectivity index (χ0v) is 22.8. The molecule has 1 saturated heterocycles. The molecular weight excluding hydrogens is 506 g/mol. The highest BCUT2D eigenvalue weighted by atomic mass is 16.5. The number of benzene rings is 2. The average molecular weight is 542 g/mol. The number of para-hydroxylation sites is 1. The van der Waals surface area contributed by atoms with E-state index in [9.17, 15) is 14.7 Å². The number of nitrogens with zero attached hydrogens (tertiary/aromatic N) is 2. The summed E-state index contributed by atoms with van der Waals surface area (Å²) in [5.74, 6) is 1.91. The van der Waals surface area contributed by atoms with Crippen LogP contribution in [0.5, 0.6) is 11.5 Å². The number of ether oxygens (including phenoxy) is 2. The van der Waals surface area contributed by atoms with Crippen molar-refractivity contribution < 1.29 is 24.2 Å². The van der Waals surface area contributed by atoms with Crippen molar-refractivity contribution in [1.82, 2.24) is 10.2 Å². The van der Waals surface area contributed by atoms with Gasteiger partial charge in [-0.3, -0.25) is 9.79 Å². The molecule has 0 aromatic heterocycles. The molecule has 1 fully saturated rings. The Kier molecular flexibility index (Phi) is 8.34. The topological polar surface area (TPSA) is 100 Å². The van der Waals surface area contributed by atoms with Crippen LogP contribution in [0.2, 0.25) is 0 Å². The van der Waals surface area contributed by atoms with Crippen LogP contribution in [-0.4, -0.2) is 59.5 Å². The maximum Gasteiger partial charge on any atom is 0.335 e. The largest absolute Gasteiger partial charge is 0.490 e. The van der Waals surface area contributed by atoms with Gasteiger partial charge in [0.25, 0.3) is 0 Å². The van der Waals surface area contributed by atoms with Gasteiger partial charge in [0.2, 0.25) is 5.91 Å². The summed E-state index contributed by atoms with van der Waals surface area (Å²) in [5, 5.41) is 12.4. The molecule has 40 heavy (non-hydrogen) atoms. The lowest BCUT2D eigenvalue weighted by Crippen LogP contribution is -2.43. The Bertz CT molecular complexity index is 1350. The number of hydrogen-bond acceptors (Lipinski definition) is 6. The van der Waals surface area contributed by atoms with Crippen LogP contribution in [0.15, 0.2) is 95.7 Å². The van der Waals surface area contributed by atoms with E-state index in [1.807, 2.05) is 74.6 Å². The van der Waals surface area contributed by atoms with E-state index < -0.39 is 5.97 Å². The molecule has 0 saturated carbocycles. The molecule has 0 spiro atoms. The van der Waals surface area contributed by atoms with Crippen LogP contribution >= 0.6 is 0 Å². The van der Waals surface area contributed by atoms with Crippen molar-refractivity contribution in [2.45, 2.75) is 32.4 Å². The molecule has 2 aromatic carbocycles. The molecule has 8 heteroatoms. The number of carbonyl (C=O) groups is 2. The van der Waals surface area contributed by atoms with E-state index in [0.717, 1.165) is 31.1 Å². The van der Waals surface area contributed by atoms with Gasteiger partial charge in [-0.2, -0.15) is 0 Å². The fraction of sp³-hybridized carbons (Fsp3) is 0.344. The molecule has 0 radical (unpaired) electrons. The predicted molar refractivity (Wildman–Crippen MR) is 153 cm³/mol. The molecule has 1 aliphatic carbocycles. The normalized spacial score (nSPS) is 24.6. The Morgan fingerprint density at radius 2 is 1.88 bits per heavy atom. The minimum atomic E-state index is -0.967. The molecule has 2 aliphatic heterocycles. The minimum absolute atomic E-state index is 0.0431. The van der Waals surface area contributed by atoms with E-state index in [0.29, 0.717) is 24.0 Å². The van der Waals surface area contributed by atoms with Crippen molar-refractivity contribution in [1.29, 1.82) is 0 Å². The number of aliphatic imine (C=N–C) groups is 1. The Labute approximate surface area is 234 Å². The van der Waals surface area contributed by atoms with Gasteiger partial charge in [0.05, 0.1) is 24.1 Å². The number of amidine groups is 1. The molecule has 208 valence electrons. The van der Waals surface area contributed by atoms with Crippen molar-refractivity contribution in [2.75, 3.05) is 19.6 Å². The zero-order chi connectivity index (χ0) is 28.1. The highest BCUT2D eigenvalue weighted by Gasteiger charge is 2.31. The van der Waals surface area contributed by atoms with Gasteiger partial charge in [-0.25, -0.2) is 4.79 Å². The number of carboxylic acid groups (broad SMARTS) is 1. The van der Waals surface area contributed by atoms with E-state index in [4.69, 9.17) is 14.5 Å². The first kappa shape index (κ1) is 27.2. The Balaban J connectivity index is 1.12. The smallest absolute Gasteiger partial charge is 0.335 e. The summed E-state index contributed by atoms with van der Waals surface area (Å²) in [6, 6.07) is 16.0. The predicted octanol–water partition coefficient (Wildman–Crippen LogP) is 4.71. The number of aromatic carboxylic acids is 1. The van der Waals surface area contributed by atoms with Gasteiger partial charge in [-0.15, -0.1) is 0 Å². The maximum atomic E-state index is 13.2. The van der Waals surface area contributed by atoms with Crippen LogP contribution in [-0.2, 0) is 4.79 Å². The number of likely N-dealkylation sites (tertiary alicyclic amines) is 1. The fourth-order valence-electron chi connectivity index (χ4n) is 5.24. The summed E-state index contributed by atoms with van der Waals surface area (Å²) >= 11 is 0. The van der Waals surface area contributed by atoms with Crippen LogP contribution in [0.25, 0.3) is 0 Å². The Morgan fingerprint density at radius 3 is 2.62 bits per heavy atom. The highest BCUT2D eigenvalue weighted by Crippen LogP contribution is 2.27. The Hall–Kier alpha value is -4.33. The second-order valence-corrected chi connectivity index (χ2v) is 10.6. The van der Waals surface area contributed by atoms with Crippen molar-refractivity contribution in [3.63, 3.8) is 0 Å². The summed E-state index contributed by atoms with van der Waals surface area (Å²) in [5.41, 5.74) is 0.215. The number of carboxylic acids is 1. The molecule has 8 nitrogen and oxygen atoms in total. The second kappa shape index (κ2) is 12.2. The van der Waals surface area contributed by atoms with E-state index in [2.05, 4.69) is 10.2 Å². The van der Waals surface area contributed by atoms with Gasteiger partial charge in [-0.05, 0) is 67.8 Å². The molecule has 5 unspecified atom stereocenters. The monoisotopic (exact) mass is 541 g/mol. The third kappa shape index (κ3) is 6.62. The van der Waals surface area contributed by atoms with E-state index >= 15 is 0 Å². The summed E-state index contributed by atoms with van der Waals surface area (Å²) in [6.07, 6.45) is 10.7. The molecule has 5 rings (SSSR count). The van der Waals surface area contributed by atoms with Crippen molar-refractivity contribution >= 4 is 17.7 Å². The van der Waals surface area contributed by atoms with E-state index in [-0.39, 0.29) is 35.5 Å². The SMILES string of the molecule is CC1C=CC(Oc2ccccc2)=CC1C(=O)NC1C=CC(N2CCC(C(C)Oc3cccc(C(=O)O)c3)C2)=NC1. The zero-order valence-electron chi connectivity index (χ0n) is 22.8. The molecule has 2 aromatic rings. The van der Waals surface area contributed by atoms with E-state index in [1.54, 1.807) is 24.3 Å². The molecule has 2 N–H and O–H groups in total. The van der Waals surface area contributed by atoms with Gasteiger partial charge in [-0.1, -0.05) is 43.3 Å². The number of hydrogen-bond donors (Lipinski definition) is 2. The van der Waals surface area contributed by atoms with Crippen LogP contribution in [0, 0.1) is 17.8 Å². The lowest BCUT2D eigenvalue weighted by molar-refractivity contribution is -0.124. The number of rotatable bonds is 8. The summed E-state index contributed by atoms with van der Waals surface area (Å²) < 4.78 is 12.0. The van der Waals surface area contributed by atoms with Crippen molar-refractivity contribution in [3.8, 4) is 11.5 Å². The lowest BCUT2D eigenvalue weighted by atomic mass is 9.88. The van der Waals surface area contributed by atoms with Crippen LogP contribution in [0.1, 0.15) is 30.6 Å². The first-order chi connectivity index (χ1) is 19.4. The fourth-order valence-corrected chi connectivity index (χ4v) is 5.24. The quantitative estimate of drug-likeness (QED) is 0.502. The third-order valence-electron chi connectivity index (χ3n) is 7.63. The van der Waals surface area contributed by atoms with Crippen LogP contribution in [0.4, 0.5) is 0 Å². The number of dihydropyridines is 1. The molecular formula is C32H35N3O5. The molecule has 3 aliphatic rings. The van der Waals surface area contributed by atoms with Crippen LogP contribution < -0.4 is 14.8 Å². The first-order valence-corrected chi connectivity index (χ1v) is 13.8. The molecule has 1 amide bonds. The summed E-state index contributed by atoms with van der Waals surface area (Å²) in [6.45, 7) is 6.22. The average Bonchev–Trinajstić information content (AvgIpc) is 3.46. The van der Waals surface area contributed by atoms with E-state index in [1.165, 1.54) is 0 Å². The number of allylic oxidation sites excluding steroid dienone is 2. The van der Waals surface area contributed by atoms with Crippen molar-refractivity contribution in [2.24, 2.45) is 22.7 Å². The van der Waals surface area contributed by atoms with Gasteiger partial charge in [0, 0.05) is 19.0 Å². The number of carbonyl (C=O) groups excluding carboxylic acids is 1. The lowest BCUT2D eigenvalue weighted by Gasteiger charge is -2.27. The van der Waals surface area contributed by atoms with Gasteiger partial charge in [0.15, 0.2) is 0 Å². The van der Waals surface area contributed by atoms with Crippen molar-refractivity contribution in [3.05, 3.63) is 96.3 Å². The number of nitrogens with one attached hydrogen (secondary N) is 1.